The van der Waals surface area contributed by atoms with Crippen molar-refractivity contribution < 1.29 is 17.9 Å². The van der Waals surface area contributed by atoms with Crippen LogP contribution in [-0.4, -0.2) is 31.5 Å². The highest BCUT2D eigenvalue weighted by atomic mass is 19.4. The second-order valence-corrected chi connectivity index (χ2v) is 3.85. The van der Waals surface area contributed by atoms with Crippen molar-refractivity contribution in [1.29, 1.82) is 0 Å². The van der Waals surface area contributed by atoms with Crippen molar-refractivity contribution in [3.63, 3.8) is 0 Å². The van der Waals surface area contributed by atoms with Crippen LogP contribution < -0.4 is 5.32 Å². The molecule has 1 aliphatic rings. The highest BCUT2D eigenvalue weighted by Gasteiger charge is 2.59. The number of nitrogens with one attached hydrogen (secondary N) is 1. The second-order valence-electron chi connectivity index (χ2n) is 3.85. The lowest BCUT2D eigenvalue weighted by Gasteiger charge is -2.43. The maximum absolute atomic E-state index is 12.5. The highest BCUT2D eigenvalue weighted by Crippen LogP contribution is 2.36. The van der Waals surface area contributed by atoms with Crippen molar-refractivity contribution in [2.75, 3.05) is 19.8 Å². The van der Waals surface area contributed by atoms with Crippen molar-refractivity contribution in [2.45, 2.75) is 25.6 Å². The van der Waals surface area contributed by atoms with Gasteiger partial charge < -0.3 is 4.74 Å². The normalized spacial score (nSPS) is 21.7. The van der Waals surface area contributed by atoms with Gasteiger partial charge in [0.15, 0.2) is 5.54 Å². The predicted octanol–water partition coefficient (Wildman–Crippen LogP) is 1.56. The molecule has 0 aromatic rings. The molecule has 1 N–H and O–H groups in total. The molecule has 0 amide bonds. The summed E-state index contributed by atoms with van der Waals surface area (Å²) in [6.07, 6.45) is -4.21. The smallest absolute Gasteiger partial charge is 0.377 e. The molecule has 1 rings (SSSR count). The number of alkyl halides is 3. The topological polar surface area (TPSA) is 21.3 Å². The molecule has 0 bridgehead atoms. The summed E-state index contributed by atoms with van der Waals surface area (Å²) in [5.41, 5.74) is -1.78. The molecular weight excluding hydrogens is 183 g/mol. The molecule has 0 aliphatic carbocycles. The molecule has 0 aromatic carbocycles. The molecule has 0 aromatic heterocycles. The van der Waals surface area contributed by atoms with Gasteiger partial charge >= 0.3 is 6.18 Å². The first-order valence-electron chi connectivity index (χ1n) is 4.27. The third-order valence-electron chi connectivity index (χ3n) is 2.09. The standard InChI is InChI=1S/C8H14F3NO/c1-6(2)3-12-7(4-13-5-7)8(9,10)11/h6,12H,3-5H2,1-2H3. The Balaban J connectivity index is 2.51. The largest absolute Gasteiger partial charge is 0.411 e. The van der Waals surface area contributed by atoms with Crippen LogP contribution in [-0.2, 0) is 4.74 Å². The lowest BCUT2D eigenvalue weighted by molar-refractivity contribution is -0.268. The van der Waals surface area contributed by atoms with Gasteiger partial charge in [0.25, 0.3) is 0 Å². The van der Waals surface area contributed by atoms with E-state index in [4.69, 9.17) is 0 Å². The van der Waals surface area contributed by atoms with Crippen LogP contribution in [0.5, 0.6) is 0 Å². The van der Waals surface area contributed by atoms with Crippen LogP contribution in [0, 0.1) is 5.92 Å². The summed E-state index contributed by atoms with van der Waals surface area (Å²) in [5, 5.41) is 2.52. The van der Waals surface area contributed by atoms with E-state index in [0.29, 0.717) is 6.54 Å². The maximum atomic E-state index is 12.5. The van der Waals surface area contributed by atoms with E-state index in [9.17, 15) is 13.2 Å². The van der Waals surface area contributed by atoms with Crippen LogP contribution in [0.15, 0.2) is 0 Å². The Bertz CT molecular complexity index is 175. The Kier molecular flexibility index (Phi) is 2.87. The Labute approximate surface area is 75.4 Å². The Morgan fingerprint density at radius 2 is 1.92 bits per heavy atom. The minimum absolute atomic E-state index is 0.208. The van der Waals surface area contributed by atoms with Crippen LogP contribution in [0.2, 0.25) is 0 Å². The van der Waals surface area contributed by atoms with E-state index in [1.54, 1.807) is 0 Å². The van der Waals surface area contributed by atoms with E-state index in [-0.39, 0.29) is 19.1 Å². The molecule has 0 unspecified atom stereocenters. The SMILES string of the molecule is CC(C)CNC1(C(F)(F)F)COC1. The van der Waals surface area contributed by atoms with E-state index in [0.717, 1.165) is 0 Å². The van der Waals surface area contributed by atoms with Crippen molar-refractivity contribution in [3.8, 4) is 0 Å². The third kappa shape index (κ3) is 2.14. The van der Waals surface area contributed by atoms with Crippen LogP contribution in [0.1, 0.15) is 13.8 Å². The lowest BCUT2D eigenvalue weighted by atomic mass is 9.96. The molecule has 0 spiro atoms. The summed E-state index contributed by atoms with van der Waals surface area (Å²) in [5.74, 6) is 0.208. The number of halogens is 3. The molecule has 1 fully saturated rings. The number of ether oxygens (including phenoxy) is 1. The molecular formula is C8H14F3NO. The summed E-state index contributed by atoms with van der Waals surface area (Å²) >= 11 is 0. The predicted molar refractivity (Wildman–Crippen MR) is 42.4 cm³/mol. The summed E-state index contributed by atoms with van der Waals surface area (Å²) in [6.45, 7) is 3.59. The average Bonchev–Trinajstić information content (AvgIpc) is 1.80. The van der Waals surface area contributed by atoms with Crippen LogP contribution >= 0.6 is 0 Å². The molecule has 2 nitrogen and oxygen atoms in total. The summed E-state index contributed by atoms with van der Waals surface area (Å²) in [6, 6.07) is 0. The summed E-state index contributed by atoms with van der Waals surface area (Å²) < 4.78 is 42.0. The lowest BCUT2D eigenvalue weighted by Crippen LogP contribution is -2.69. The monoisotopic (exact) mass is 197 g/mol. The zero-order valence-electron chi connectivity index (χ0n) is 7.74. The number of hydrogen-bond acceptors (Lipinski definition) is 2. The van der Waals surface area contributed by atoms with Gasteiger partial charge in [-0.1, -0.05) is 13.8 Å². The second kappa shape index (κ2) is 3.46. The minimum Gasteiger partial charge on any atom is -0.377 e. The molecule has 1 saturated heterocycles. The third-order valence-corrected chi connectivity index (χ3v) is 2.09. The first-order chi connectivity index (χ1) is 5.87. The van der Waals surface area contributed by atoms with Gasteiger partial charge in [-0.25, -0.2) is 0 Å². The van der Waals surface area contributed by atoms with Gasteiger partial charge in [0.1, 0.15) is 0 Å². The van der Waals surface area contributed by atoms with Crippen molar-refractivity contribution in [3.05, 3.63) is 0 Å². The highest BCUT2D eigenvalue weighted by molar-refractivity contribution is 5.00. The van der Waals surface area contributed by atoms with Crippen molar-refractivity contribution in [1.82, 2.24) is 5.32 Å². The van der Waals surface area contributed by atoms with Crippen LogP contribution in [0.3, 0.4) is 0 Å². The summed E-state index contributed by atoms with van der Waals surface area (Å²) in [7, 11) is 0. The van der Waals surface area contributed by atoms with E-state index in [2.05, 4.69) is 10.1 Å². The first kappa shape index (κ1) is 10.8. The van der Waals surface area contributed by atoms with E-state index in [1.165, 1.54) is 0 Å². The summed E-state index contributed by atoms with van der Waals surface area (Å²) in [4.78, 5) is 0. The Hall–Kier alpha value is -0.290. The Morgan fingerprint density at radius 1 is 1.38 bits per heavy atom. The van der Waals surface area contributed by atoms with Crippen LogP contribution in [0.4, 0.5) is 13.2 Å². The van der Waals surface area contributed by atoms with E-state index < -0.39 is 11.7 Å². The van der Waals surface area contributed by atoms with Gasteiger partial charge in [-0.2, -0.15) is 13.2 Å². The van der Waals surface area contributed by atoms with Gasteiger partial charge in [0.05, 0.1) is 13.2 Å². The molecule has 13 heavy (non-hydrogen) atoms. The number of rotatable bonds is 3. The molecule has 0 saturated carbocycles. The van der Waals surface area contributed by atoms with Gasteiger partial charge in [-0.15, -0.1) is 0 Å². The molecule has 0 radical (unpaired) electrons. The first-order valence-corrected chi connectivity index (χ1v) is 4.27. The van der Waals surface area contributed by atoms with Gasteiger partial charge in [-0.05, 0) is 12.5 Å². The molecule has 78 valence electrons. The van der Waals surface area contributed by atoms with Crippen LogP contribution in [0.25, 0.3) is 0 Å². The molecule has 1 aliphatic heterocycles. The molecule has 0 atom stereocenters. The van der Waals surface area contributed by atoms with E-state index in [1.807, 2.05) is 13.8 Å². The van der Waals surface area contributed by atoms with Crippen molar-refractivity contribution >= 4 is 0 Å². The fourth-order valence-corrected chi connectivity index (χ4v) is 1.07. The van der Waals surface area contributed by atoms with Crippen molar-refractivity contribution in [2.24, 2.45) is 5.92 Å². The Morgan fingerprint density at radius 3 is 2.15 bits per heavy atom. The fraction of sp³-hybridized carbons (Fsp3) is 1.00. The van der Waals surface area contributed by atoms with Gasteiger partial charge in [0.2, 0.25) is 0 Å². The van der Waals surface area contributed by atoms with Gasteiger partial charge in [0, 0.05) is 0 Å². The zero-order valence-corrected chi connectivity index (χ0v) is 7.74. The minimum atomic E-state index is -4.21. The molecule has 1 heterocycles. The quantitative estimate of drug-likeness (QED) is 0.741. The average molecular weight is 197 g/mol. The molecule has 5 heteroatoms. The maximum Gasteiger partial charge on any atom is 0.411 e. The number of hydrogen-bond donors (Lipinski definition) is 1. The zero-order chi connectivity index (χ0) is 10.1. The van der Waals surface area contributed by atoms with E-state index >= 15 is 0 Å². The van der Waals surface area contributed by atoms with Gasteiger partial charge in [-0.3, -0.25) is 5.32 Å². The fourth-order valence-electron chi connectivity index (χ4n) is 1.07.